The topological polar surface area (TPSA) is 119 Å². The van der Waals surface area contributed by atoms with Crippen LogP contribution in [0.5, 0.6) is 0 Å². The first-order chi connectivity index (χ1) is 28.5. The fraction of sp³-hybridized carbons (Fsp3) is 0.769. The third-order valence-electron chi connectivity index (χ3n) is 16.8. The van der Waals surface area contributed by atoms with Gasteiger partial charge in [-0.25, -0.2) is 4.79 Å². The predicted octanol–water partition coefficient (Wildman–Crippen LogP) is 11.7. The van der Waals surface area contributed by atoms with E-state index < -0.39 is 40.2 Å². The minimum Gasteiger partial charge on any atom is -0.462 e. The van der Waals surface area contributed by atoms with E-state index in [9.17, 15) is 24.3 Å². The molecule has 62 heavy (non-hydrogen) atoms. The van der Waals surface area contributed by atoms with E-state index in [-0.39, 0.29) is 77.8 Å². The van der Waals surface area contributed by atoms with Crippen LogP contribution in [0.25, 0.3) is 0 Å². The molecule has 10 atom stereocenters. The van der Waals surface area contributed by atoms with Gasteiger partial charge in [-0.15, -0.1) is 0 Å². The molecule has 5 aliphatic carbocycles. The Bertz CT molecular complexity index is 1920. The van der Waals surface area contributed by atoms with Crippen molar-refractivity contribution in [3.63, 3.8) is 0 Å². The number of halogens is 1. The van der Waals surface area contributed by atoms with Crippen LogP contribution in [0, 0.1) is 56.7 Å². The van der Waals surface area contributed by atoms with E-state index in [4.69, 9.17) is 25.8 Å². The van der Waals surface area contributed by atoms with Gasteiger partial charge in [0.25, 0.3) is 0 Å². The van der Waals surface area contributed by atoms with E-state index in [1.807, 2.05) is 53.7 Å². The fourth-order valence-corrected chi connectivity index (χ4v) is 13.8. The van der Waals surface area contributed by atoms with Crippen LogP contribution in [0.2, 0.25) is 5.02 Å². The number of fused-ring (bicyclic) bond motifs is 7. The second kappa shape index (κ2) is 16.8. The summed E-state index contributed by atoms with van der Waals surface area (Å²) < 4.78 is 17.8. The molecule has 0 bridgehead atoms. The van der Waals surface area contributed by atoms with Crippen LogP contribution in [0.4, 0.5) is 4.79 Å². The number of rotatable bonds is 10. The number of nitrogens with zero attached hydrogens (tertiary/aromatic N) is 1. The molecule has 1 aromatic rings. The summed E-state index contributed by atoms with van der Waals surface area (Å²) in [4.78, 5) is 56.3. The highest BCUT2D eigenvalue weighted by Crippen LogP contribution is 2.76. The van der Waals surface area contributed by atoms with Crippen LogP contribution in [0.3, 0.4) is 0 Å². The summed E-state index contributed by atoms with van der Waals surface area (Å²) >= 11 is 6.21. The van der Waals surface area contributed by atoms with Gasteiger partial charge in [-0.1, -0.05) is 70.8 Å². The second-order valence-electron chi connectivity index (χ2n) is 23.9. The lowest BCUT2D eigenvalue weighted by Gasteiger charge is -2.71. The molecule has 6 rings (SSSR count). The van der Waals surface area contributed by atoms with Gasteiger partial charge in [0.05, 0.1) is 24.5 Å². The number of hydrogen-bond acceptors (Lipinski definition) is 8. The molecule has 10 heteroatoms. The highest BCUT2D eigenvalue weighted by Gasteiger charge is 2.70. The molecular weight excluding hydrogens is 802 g/mol. The van der Waals surface area contributed by atoms with Crippen LogP contribution in [-0.4, -0.2) is 63.8 Å². The van der Waals surface area contributed by atoms with Gasteiger partial charge in [0.1, 0.15) is 17.3 Å². The maximum absolute atomic E-state index is 14.4. The Morgan fingerprint density at radius 1 is 0.855 bits per heavy atom. The number of carbonyl (C=O) groups excluding carboxylic acids is 4. The zero-order valence-corrected chi connectivity index (χ0v) is 41.2. The number of allylic oxidation sites excluding steroid dienone is 1. The van der Waals surface area contributed by atoms with E-state index in [2.05, 4.69) is 41.5 Å². The first-order valence-electron chi connectivity index (χ1n) is 23.6. The number of benzene rings is 1. The maximum Gasteiger partial charge on any atom is 0.410 e. The molecule has 0 unspecified atom stereocenters. The quantitative estimate of drug-likeness (QED) is 0.182. The zero-order chi connectivity index (χ0) is 46.2. The smallest absolute Gasteiger partial charge is 0.410 e. The van der Waals surface area contributed by atoms with Gasteiger partial charge < -0.3 is 24.2 Å². The molecule has 1 amide bonds. The van der Waals surface area contributed by atoms with Gasteiger partial charge in [0.2, 0.25) is 0 Å². The third kappa shape index (κ3) is 8.90. The molecule has 1 N–H and O–H groups in total. The molecule has 346 valence electrons. The van der Waals surface area contributed by atoms with Crippen molar-refractivity contribution in [3.8, 4) is 0 Å². The van der Waals surface area contributed by atoms with Crippen LogP contribution in [0.1, 0.15) is 167 Å². The fourth-order valence-electron chi connectivity index (χ4n) is 13.6. The molecule has 0 heterocycles. The van der Waals surface area contributed by atoms with E-state index in [1.165, 1.54) is 5.57 Å². The van der Waals surface area contributed by atoms with Crippen molar-refractivity contribution in [1.82, 2.24) is 4.90 Å². The molecule has 0 aliphatic heterocycles. The summed E-state index contributed by atoms with van der Waals surface area (Å²) in [5.74, 6) is 0.541. The zero-order valence-electron chi connectivity index (χ0n) is 40.5. The first-order valence-corrected chi connectivity index (χ1v) is 24.0. The Labute approximate surface area is 377 Å². The Morgan fingerprint density at radius 2 is 1.48 bits per heavy atom. The van der Waals surface area contributed by atoms with Crippen molar-refractivity contribution >= 4 is 35.4 Å². The lowest BCUT2D eigenvalue weighted by molar-refractivity contribution is -0.218. The summed E-state index contributed by atoms with van der Waals surface area (Å²) in [5, 5.41) is 13.3. The number of aliphatic hydroxyl groups excluding tert-OH is 1. The minimum absolute atomic E-state index is 0.0114. The summed E-state index contributed by atoms with van der Waals surface area (Å²) in [6.45, 7) is 28.9. The molecule has 4 fully saturated rings. The van der Waals surface area contributed by atoms with Gasteiger partial charge >= 0.3 is 18.0 Å². The van der Waals surface area contributed by atoms with Crippen molar-refractivity contribution in [1.29, 1.82) is 0 Å². The Morgan fingerprint density at radius 3 is 2.08 bits per heavy atom. The van der Waals surface area contributed by atoms with Crippen molar-refractivity contribution in [2.45, 2.75) is 191 Å². The van der Waals surface area contributed by atoms with Gasteiger partial charge in [-0.3, -0.25) is 14.4 Å². The van der Waals surface area contributed by atoms with Gasteiger partial charge in [-0.05, 0) is 176 Å². The molecule has 9 nitrogen and oxygen atoms in total. The third-order valence-corrected chi connectivity index (χ3v) is 17.1. The summed E-state index contributed by atoms with van der Waals surface area (Å²) in [5.41, 5.74) is -0.262. The maximum atomic E-state index is 14.4. The molecular formula is C52H78ClNO8. The Kier molecular flexibility index (Phi) is 13.2. The number of amides is 1. The number of ether oxygens (including phenoxy) is 3. The highest BCUT2D eigenvalue weighted by atomic mass is 35.5. The molecule has 0 radical (unpaired) electrons. The van der Waals surface area contributed by atoms with E-state index in [1.54, 1.807) is 30.9 Å². The van der Waals surface area contributed by atoms with Crippen LogP contribution in [-0.2, 0) is 35.1 Å². The predicted molar refractivity (Wildman–Crippen MR) is 243 cm³/mol. The molecule has 4 saturated carbocycles. The summed E-state index contributed by atoms with van der Waals surface area (Å²) in [6, 6.07) is 7.38. The number of Topliss-reactive ketones (excluding diaryl/α,β-unsaturated/α-hetero) is 1. The largest absolute Gasteiger partial charge is 0.462 e. The lowest BCUT2D eigenvalue weighted by atomic mass is 9.34. The Balaban J connectivity index is 1.25. The minimum atomic E-state index is -0.991. The van der Waals surface area contributed by atoms with Gasteiger partial charge in [0, 0.05) is 23.4 Å². The first kappa shape index (κ1) is 48.5. The summed E-state index contributed by atoms with van der Waals surface area (Å²) in [6.07, 6.45) is 5.94. The van der Waals surface area contributed by atoms with E-state index in [0.29, 0.717) is 23.3 Å². The van der Waals surface area contributed by atoms with Crippen molar-refractivity contribution in [3.05, 3.63) is 46.0 Å². The van der Waals surface area contributed by atoms with Crippen LogP contribution < -0.4 is 0 Å². The Hall–Kier alpha value is -2.91. The molecule has 1 aromatic carbocycles. The SMILES string of the molecule is CC(C)C1=C2[C@H]3CC[C@@H]4[C@@]5(C)CC[C@H](OC(=O)CC(C)(C)C(=O)OC(C)(C)C)[C@H](C)[C@@H]5CC[C@@]4(C)[C@]3(C)CC[C@@]2([C@H](O)CN(Cc2ccc(Cl)cc2)C(=O)OC(C)(C)C)CC1=O. The summed E-state index contributed by atoms with van der Waals surface area (Å²) in [7, 11) is 0. The van der Waals surface area contributed by atoms with E-state index >= 15 is 0 Å². The van der Waals surface area contributed by atoms with Crippen LogP contribution in [0.15, 0.2) is 35.4 Å². The van der Waals surface area contributed by atoms with Gasteiger partial charge in [-0.2, -0.15) is 0 Å². The van der Waals surface area contributed by atoms with Crippen molar-refractivity contribution < 1.29 is 38.5 Å². The van der Waals surface area contributed by atoms with E-state index in [0.717, 1.165) is 56.1 Å². The monoisotopic (exact) mass is 880 g/mol. The number of ketones is 1. The van der Waals surface area contributed by atoms with Crippen molar-refractivity contribution in [2.24, 2.45) is 56.7 Å². The highest BCUT2D eigenvalue weighted by molar-refractivity contribution is 6.30. The molecule has 0 saturated heterocycles. The van der Waals surface area contributed by atoms with Crippen molar-refractivity contribution in [2.75, 3.05) is 6.54 Å². The lowest BCUT2D eigenvalue weighted by Crippen LogP contribution is -2.65. The second-order valence-corrected chi connectivity index (χ2v) is 24.3. The molecule has 0 aromatic heterocycles. The average molecular weight is 881 g/mol. The van der Waals surface area contributed by atoms with Gasteiger partial charge in [0.15, 0.2) is 5.78 Å². The number of esters is 2. The average Bonchev–Trinajstić information content (AvgIpc) is 3.45. The number of hydrogen-bond donors (Lipinski definition) is 1. The standard InChI is InChI=1S/C52H78ClNO8/c1-31(2)42-37(55)27-52(40(56)30-54(45(59)62-47(7,8)9)29-33-15-17-34(53)18-16-33)26-25-50(13)36(43(42)52)19-20-39-49(12)23-22-38(32(3)35(49)21-24-51(39,50)14)60-41(57)28-48(10,11)44(58)61-46(4,5)6/h15-18,31-32,35-36,38-40,56H,19-30H2,1-14H3/t32-,35+,36-,38+,39-,40-,49+,50-,51-,52+/m1/s1. The van der Waals surface area contributed by atoms with Crippen LogP contribution >= 0.6 is 11.6 Å². The normalized spacial score (nSPS) is 34.1. The molecule has 5 aliphatic rings. The number of aliphatic hydroxyl groups is 1. The molecule has 0 spiro atoms. The number of carbonyl (C=O) groups is 4.